The molecule has 15 heavy (non-hydrogen) atoms. The van der Waals surface area contributed by atoms with Crippen molar-refractivity contribution in [2.75, 3.05) is 33.3 Å². The lowest BCUT2D eigenvalue weighted by atomic mass is 10.1. The number of carbonyl (C=O) groups is 1. The van der Waals surface area contributed by atoms with Crippen LogP contribution in [0.25, 0.3) is 0 Å². The predicted molar refractivity (Wildman–Crippen MR) is 59.8 cm³/mol. The van der Waals surface area contributed by atoms with Gasteiger partial charge in [0.05, 0.1) is 13.7 Å². The normalized spacial score (nSPS) is 19.9. The van der Waals surface area contributed by atoms with Crippen LogP contribution in [0.15, 0.2) is 0 Å². The smallest absolute Gasteiger partial charge is 0.319 e. The van der Waals surface area contributed by atoms with E-state index >= 15 is 0 Å². The number of ether oxygens (including phenoxy) is 1. The van der Waals surface area contributed by atoms with Crippen molar-refractivity contribution in [1.82, 2.24) is 10.2 Å². The van der Waals surface area contributed by atoms with Crippen LogP contribution in [0.4, 0.5) is 0 Å². The van der Waals surface area contributed by atoms with Gasteiger partial charge in [-0.3, -0.25) is 4.79 Å². The maximum absolute atomic E-state index is 10.9. The van der Waals surface area contributed by atoms with E-state index in [0.717, 1.165) is 6.54 Å². The van der Waals surface area contributed by atoms with E-state index in [1.165, 1.54) is 39.5 Å². The molecule has 1 fully saturated rings. The van der Waals surface area contributed by atoms with E-state index in [-0.39, 0.29) is 5.97 Å². The van der Waals surface area contributed by atoms with Crippen LogP contribution >= 0.6 is 0 Å². The number of carbonyl (C=O) groups excluding carboxylic acids is 1. The number of nitrogens with one attached hydrogen (secondary N) is 1. The number of hydrogen-bond donors (Lipinski definition) is 1. The van der Waals surface area contributed by atoms with E-state index in [1.807, 2.05) is 0 Å². The number of likely N-dealkylation sites (tertiary alicyclic amines) is 1. The third kappa shape index (κ3) is 5.14. The number of esters is 1. The second kappa shape index (κ2) is 6.80. The van der Waals surface area contributed by atoms with Crippen LogP contribution in [-0.2, 0) is 9.53 Å². The average molecular weight is 214 g/mol. The van der Waals surface area contributed by atoms with Crippen molar-refractivity contribution in [1.29, 1.82) is 0 Å². The van der Waals surface area contributed by atoms with Gasteiger partial charge in [0.1, 0.15) is 0 Å². The van der Waals surface area contributed by atoms with Gasteiger partial charge in [0, 0.05) is 12.6 Å². The van der Waals surface area contributed by atoms with Crippen LogP contribution in [0.1, 0.15) is 26.2 Å². The Bertz CT molecular complexity index is 191. The third-order valence-corrected chi connectivity index (χ3v) is 2.80. The van der Waals surface area contributed by atoms with Crippen LogP contribution in [-0.4, -0.2) is 50.2 Å². The summed E-state index contributed by atoms with van der Waals surface area (Å²) in [4.78, 5) is 13.4. The summed E-state index contributed by atoms with van der Waals surface area (Å²) < 4.78 is 4.58. The second-order valence-corrected chi connectivity index (χ2v) is 4.22. The molecular formula is C11H22N2O2. The lowest BCUT2D eigenvalue weighted by Crippen LogP contribution is -2.43. The Labute approximate surface area is 92.0 Å². The molecule has 88 valence electrons. The second-order valence-electron chi connectivity index (χ2n) is 4.22. The summed E-state index contributed by atoms with van der Waals surface area (Å²) >= 11 is 0. The molecule has 1 aliphatic rings. The fraction of sp³-hybridized carbons (Fsp3) is 0.909. The van der Waals surface area contributed by atoms with Gasteiger partial charge in [0.25, 0.3) is 0 Å². The third-order valence-electron chi connectivity index (χ3n) is 2.80. The number of nitrogens with zero attached hydrogens (tertiary/aromatic N) is 1. The van der Waals surface area contributed by atoms with E-state index in [0.29, 0.717) is 12.6 Å². The van der Waals surface area contributed by atoms with Crippen LogP contribution in [0.2, 0.25) is 0 Å². The maximum atomic E-state index is 10.9. The summed E-state index contributed by atoms with van der Waals surface area (Å²) in [5.41, 5.74) is 0. The molecule has 0 aromatic carbocycles. The molecule has 0 spiro atoms. The molecule has 4 heteroatoms. The topological polar surface area (TPSA) is 41.6 Å². The minimum absolute atomic E-state index is 0.194. The van der Waals surface area contributed by atoms with Gasteiger partial charge < -0.3 is 15.0 Å². The molecule has 4 nitrogen and oxygen atoms in total. The van der Waals surface area contributed by atoms with Crippen molar-refractivity contribution in [3.05, 3.63) is 0 Å². The Kier molecular flexibility index (Phi) is 5.65. The van der Waals surface area contributed by atoms with Gasteiger partial charge in [-0.25, -0.2) is 0 Å². The van der Waals surface area contributed by atoms with Crippen molar-refractivity contribution >= 4 is 5.97 Å². The molecule has 1 unspecified atom stereocenters. The Balaban J connectivity index is 2.11. The summed E-state index contributed by atoms with van der Waals surface area (Å²) in [5, 5.41) is 3.16. The predicted octanol–water partition coefficient (Wildman–Crippen LogP) is 0.623. The number of hydrogen-bond acceptors (Lipinski definition) is 4. The monoisotopic (exact) mass is 214 g/mol. The fourth-order valence-corrected chi connectivity index (χ4v) is 1.92. The number of piperidine rings is 1. The first-order valence-corrected chi connectivity index (χ1v) is 5.75. The largest absolute Gasteiger partial charge is 0.468 e. The highest BCUT2D eigenvalue weighted by Crippen LogP contribution is 2.08. The quantitative estimate of drug-likeness (QED) is 0.681. The molecule has 1 rings (SSSR count). The van der Waals surface area contributed by atoms with Crippen molar-refractivity contribution in [2.45, 2.75) is 32.2 Å². The minimum atomic E-state index is -0.194. The van der Waals surface area contributed by atoms with Crippen molar-refractivity contribution in [3.8, 4) is 0 Å². The van der Waals surface area contributed by atoms with Gasteiger partial charge in [-0.15, -0.1) is 0 Å². The Morgan fingerprint density at radius 2 is 2.07 bits per heavy atom. The Morgan fingerprint density at radius 1 is 1.40 bits per heavy atom. The zero-order valence-electron chi connectivity index (χ0n) is 9.79. The lowest BCUT2D eigenvalue weighted by Gasteiger charge is -2.29. The number of methoxy groups -OCH3 is 1. The summed E-state index contributed by atoms with van der Waals surface area (Å²) in [5.74, 6) is -0.194. The molecule has 0 aromatic rings. The van der Waals surface area contributed by atoms with Gasteiger partial charge in [0.2, 0.25) is 0 Å². The summed E-state index contributed by atoms with van der Waals surface area (Å²) in [6, 6.07) is 0.349. The molecule has 0 saturated carbocycles. The summed E-state index contributed by atoms with van der Waals surface area (Å²) in [6.07, 6.45) is 3.98. The van der Waals surface area contributed by atoms with Gasteiger partial charge >= 0.3 is 5.97 Å². The van der Waals surface area contributed by atoms with E-state index < -0.39 is 0 Å². The molecule has 0 aromatic heterocycles. The SMILES string of the molecule is COC(=O)CNC(C)CN1CCCCC1. The van der Waals surface area contributed by atoms with E-state index in [4.69, 9.17) is 0 Å². The zero-order valence-corrected chi connectivity index (χ0v) is 9.79. The van der Waals surface area contributed by atoms with Gasteiger partial charge in [-0.05, 0) is 32.9 Å². The van der Waals surface area contributed by atoms with Gasteiger partial charge in [0.15, 0.2) is 0 Å². The molecular weight excluding hydrogens is 192 g/mol. The Hall–Kier alpha value is -0.610. The molecule has 0 aliphatic carbocycles. The molecule has 0 amide bonds. The minimum Gasteiger partial charge on any atom is -0.468 e. The average Bonchev–Trinajstić information content (AvgIpc) is 2.27. The van der Waals surface area contributed by atoms with Crippen LogP contribution in [0.3, 0.4) is 0 Å². The molecule has 0 bridgehead atoms. The first-order chi connectivity index (χ1) is 7.22. The molecule has 1 atom stereocenters. The standard InChI is InChI=1S/C11H22N2O2/c1-10(12-8-11(14)15-2)9-13-6-4-3-5-7-13/h10,12H,3-9H2,1-2H3. The highest BCUT2D eigenvalue weighted by molar-refractivity contribution is 5.71. The van der Waals surface area contributed by atoms with Crippen LogP contribution in [0, 0.1) is 0 Å². The zero-order chi connectivity index (χ0) is 11.1. The Morgan fingerprint density at radius 3 is 2.67 bits per heavy atom. The van der Waals surface area contributed by atoms with Crippen molar-refractivity contribution in [3.63, 3.8) is 0 Å². The van der Waals surface area contributed by atoms with Crippen molar-refractivity contribution in [2.24, 2.45) is 0 Å². The van der Waals surface area contributed by atoms with E-state index in [2.05, 4.69) is 21.9 Å². The first kappa shape index (κ1) is 12.5. The molecule has 1 heterocycles. The fourth-order valence-electron chi connectivity index (χ4n) is 1.92. The molecule has 1 saturated heterocycles. The maximum Gasteiger partial charge on any atom is 0.319 e. The first-order valence-electron chi connectivity index (χ1n) is 5.75. The highest BCUT2D eigenvalue weighted by atomic mass is 16.5. The van der Waals surface area contributed by atoms with Crippen LogP contribution < -0.4 is 5.32 Å². The van der Waals surface area contributed by atoms with E-state index in [1.54, 1.807) is 0 Å². The summed E-state index contributed by atoms with van der Waals surface area (Å²) in [7, 11) is 1.42. The van der Waals surface area contributed by atoms with Gasteiger partial charge in [-0.1, -0.05) is 6.42 Å². The molecule has 1 aliphatic heterocycles. The van der Waals surface area contributed by atoms with Crippen molar-refractivity contribution < 1.29 is 9.53 Å². The number of rotatable bonds is 5. The van der Waals surface area contributed by atoms with E-state index in [9.17, 15) is 4.79 Å². The highest BCUT2D eigenvalue weighted by Gasteiger charge is 2.13. The summed E-state index contributed by atoms with van der Waals surface area (Å²) in [6.45, 7) is 5.84. The van der Waals surface area contributed by atoms with Crippen LogP contribution in [0.5, 0.6) is 0 Å². The molecule has 1 N–H and O–H groups in total. The molecule has 0 radical (unpaired) electrons. The van der Waals surface area contributed by atoms with Gasteiger partial charge in [-0.2, -0.15) is 0 Å². The lowest BCUT2D eigenvalue weighted by molar-refractivity contribution is -0.139.